The minimum Gasteiger partial charge on any atom is -0.397 e. The van der Waals surface area contributed by atoms with E-state index in [0.717, 1.165) is 22.3 Å². The van der Waals surface area contributed by atoms with Crippen molar-refractivity contribution in [3.63, 3.8) is 0 Å². The van der Waals surface area contributed by atoms with Crippen molar-refractivity contribution < 1.29 is 0 Å². The van der Waals surface area contributed by atoms with E-state index in [2.05, 4.69) is 26.5 Å². The molecule has 3 heterocycles. The number of fused-ring (bicyclic) bond motifs is 2. The van der Waals surface area contributed by atoms with Crippen molar-refractivity contribution in [1.29, 1.82) is 0 Å². The first kappa shape index (κ1) is 12.0. The Balaban J connectivity index is 1.59. The third-order valence-corrected chi connectivity index (χ3v) is 4.81. The van der Waals surface area contributed by atoms with Gasteiger partial charge in [-0.25, -0.2) is 0 Å². The average Bonchev–Trinajstić information content (AvgIpc) is 3.06. The van der Waals surface area contributed by atoms with Crippen LogP contribution in [0.25, 0.3) is 10.9 Å². The van der Waals surface area contributed by atoms with Crippen molar-refractivity contribution >= 4 is 22.3 Å². The number of anilines is 2. The van der Waals surface area contributed by atoms with Crippen molar-refractivity contribution in [1.82, 2.24) is 15.1 Å². The van der Waals surface area contributed by atoms with Crippen molar-refractivity contribution in [2.75, 3.05) is 24.1 Å². The number of nitrogens with zero attached hydrogens (tertiary/aromatic N) is 2. The van der Waals surface area contributed by atoms with Crippen LogP contribution in [0.1, 0.15) is 25.7 Å². The van der Waals surface area contributed by atoms with E-state index in [0.29, 0.717) is 12.1 Å². The summed E-state index contributed by atoms with van der Waals surface area (Å²) in [5.41, 5.74) is 9.07. The number of rotatable bonds is 2. The van der Waals surface area contributed by atoms with Crippen LogP contribution in [0.4, 0.5) is 11.4 Å². The lowest BCUT2D eigenvalue weighted by molar-refractivity contribution is 0.193. The van der Waals surface area contributed by atoms with Gasteiger partial charge in [0.1, 0.15) is 0 Å². The first-order valence-electron chi connectivity index (χ1n) is 7.54. The highest BCUT2D eigenvalue weighted by molar-refractivity contribution is 5.88. The molecule has 1 aromatic heterocycles. The van der Waals surface area contributed by atoms with E-state index in [1.807, 2.05) is 12.3 Å². The summed E-state index contributed by atoms with van der Waals surface area (Å²) >= 11 is 0. The normalized spacial score (nSPS) is 26.8. The van der Waals surface area contributed by atoms with Gasteiger partial charge in [-0.1, -0.05) is 6.42 Å². The first-order valence-corrected chi connectivity index (χ1v) is 7.54. The second kappa shape index (κ2) is 4.66. The Hall–Kier alpha value is -1.75. The van der Waals surface area contributed by atoms with E-state index in [-0.39, 0.29) is 0 Å². The summed E-state index contributed by atoms with van der Waals surface area (Å²) in [6.45, 7) is 2.48. The molecule has 2 atom stereocenters. The molecule has 5 heteroatoms. The fourth-order valence-electron chi connectivity index (χ4n) is 3.75. The number of aromatic amines is 1. The molecule has 2 unspecified atom stereocenters. The van der Waals surface area contributed by atoms with E-state index < -0.39 is 0 Å². The molecule has 2 aliphatic heterocycles. The fraction of sp³-hybridized carbons (Fsp3) is 0.533. The maximum atomic E-state index is 6.17. The molecule has 2 fully saturated rings. The highest BCUT2D eigenvalue weighted by atomic mass is 15.2. The van der Waals surface area contributed by atoms with Gasteiger partial charge in [-0.2, -0.15) is 5.10 Å². The van der Waals surface area contributed by atoms with Gasteiger partial charge in [-0.15, -0.1) is 0 Å². The highest BCUT2D eigenvalue weighted by Gasteiger charge is 2.35. The number of nitrogen functional groups attached to an aromatic ring is 1. The van der Waals surface area contributed by atoms with Crippen LogP contribution < -0.4 is 11.1 Å². The summed E-state index contributed by atoms with van der Waals surface area (Å²) in [5, 5.41) is 11.8. The molecule has 0 amide bonds. The van der Waals surface area contributed by atoms with E-state index in [1.54, 1.807) is 0 Å². The third-order valence-electron chi connectivity index (χ3n) is 4.81. The fourth-order valence-corrected chi connectivity index (χ4v) is 3.75. The van der Waals surface area contributed by atoms with Gasteiger partial charge in [0, 0.05) is 24.0 Å². The number of nitrogens with one attached hydrogen (secondary N) is 2. The maximum Gasteiger partial charge on any atom is 0.0672 e. The molecule has 0 radical (unpaired) electrons. The van der Waals surface area contributed by atoms with Gasteiger partial charge in [0.15, 0.2) is 0 Å². The number of H-pyrrole nitrogens is 1. The standard InChI is InChI=1S/C15H21N5/c16-11-7-10-9-17-19-13(10)8-14(11)18-12-4-6-20-5-2-1-3-15(12)20/h7-9,12,15,18H,1-6,16H2,(H,17,19). The average molecular weight is 271 g/mol. The summed E-state index contributed by atoms with van der Waals surface area (Å²) in [5.74, 6) is 0. The molecule has 0 bridgehead atoms. The quantitative estimate of drug-likeness (QED) is 0.732. The lowest BCUT2D eigenvalue weighted by Gasteiger charge is -2.33. The lowest BCUT2D eigenvalue weighted by atomic mass is 9.98. The Labute approximate surface area is 118 Å². The predicted octanol–water partition coefficient (Wildman–Crippen LogP) is 2.18. The van der Waals surface area contributed by atoms with E-state index in [1.165, 1.54) is 38.8 Å². The van der Waals surface area contributed by atoms with Crippen molar-refractivity contribution in [2.24, 2.45) is 0 Å². The van der Waals surface area contributed by atoms with Gasteiger partial charge in [-0.05, 0) is 37.9 Å². The number of piperidine rings is 1. The zero-order chi connectivity index (χ0) is 13.5. The molecule has 0 saturated carbocycles. The Bertz CT molecular complexity index is 620. The monoisotopic (exact) mass is 271 g/mol. The number of benzene rings is 1. The van der Waals surface area contributed by atoms with Gasteiger partial charge in [0.2, 0.25) is 0 Å². The minimum atomic E-state index is 0.526. The number of hydrogen-bond donors (Lipinski definition) is 3. The van der Waals surface area contributed by atoms with E-state index in [9.17, 15) is 0 Å². The summed E-state index contributed by atoms with van der Waals surface area (Å²) in [6, 6.07) is 5.29. The SMILES string of the molecule is Nc1cc2cn[nH]c2cc1NC1CCN2CCCCC12. The van der Waals surface area contributed by atoms with Crippen LogP contribution in [0.2, 0.25) is 0 Å². The summed E-state index contributed by atoms with van der Waals surface area (Å²) in [6.07, 6.45) is 7.04. The number of aromatic nitrogens is 2. The third kappa shape index (κ3) is 1.93. The zero-order valence-electron chi connectivity index (χ0n) is 11.6. The largest absolute Gasteiger partial charge is 0.397 e. The summed E-state index contributed by atoms with van der Waals surface area (Å²) < 4.78 is 0. The van der Waals surface area contributed by atoms with Crippen LogP contribution in [0.3, 0.4) is 0 Å². The van der Waals surface area contributed by atoms with Crippen LogP contribution in [0.15, 0.2) is 18.3 Å². The van der Waals surface area contributed by atoms with Crippen LogP contribution in [0, 0.1) is 0 Å². The van der Waals surface area contributed by atoms with E-state index in [4.69, 9.17) is 5.73 Å². The lowest BCUT2D eigenvalue weighted by Crippen LogP contribution is -2.41. The topological polar surface area (TPSA) is 70.0 Å². The highest BCUT2D eigenvalue weighted by Crippen LogP contribution is 2.32. The molecule has 4 rings (SSSR count). The van der Waals surface area contributed by atoms with E-state index >= 15 is 0 Å². The molecule has 106 valence electrons. The van der Waals surface area contributed by atoms with Crippen molar-refractivity contribution in [3.8, 4) is 0 Å². The van der Waals surface area contributed by atoms with Crippen LogP contribution in [-0.2, 0) is 0 Å². The second-order valence-corrected chi connectivity index (χ2v) is 6.04. The Kier molecular flexibility index (Phi) is 2.80. The number of nitrogens with two attached hydrogens (primary N) is 1. The van der Waals surface area contributed by atoms with Crippen molar-refractivity contribution in [3.05, 3.63) is 18.3 Å². The second-order valence-electron chi connectivity index (χ2n) is 6.04. The van der Waals surface area contributed by atoms with Crippen LogP contribution in [-0.4, -0.2) is 40.3 Å². The van der Waals surface area contributed by atoms with Gasteiger partial charge in [0.05, 0.1) is 23.1 Å². The Morgan fingerprint density at radius 3 is 3.15 bits per heavy atom. The van der Waals surface area contributed by atoms with Gasteiger partial charge in [-0.3, -0.25) is 10.00 Å². The molecule has 0 spiro atoms. The molecule has 2 saturated heterocycles. The van der Waals surface area contributed by atoms with Crippen LogP contribution in [0.5, 0.6) is 0 Å². The number of hydrogen-bond acceptors (Lipinski definition) is 4. The summed E-state index contributed by atoms with van der Waals surface area (Å²) in [4.78, 5) is 2.63. The zero-order valence-corrected chi connectivity index (χ0v) is 11.6. The molecule has 0 aliphatic carbocycles. The van der Waals surface area contributed by atoms with Gasteiger partial charge < -0.3 is 11.1 Å². The Morgan fingerprint density at radius 1 is 1.25 bits per heavy atom. The molecule has 5 nitrogen and oxygen atoms in total. The van der Waals surface area contributed by atoms with Gasteiger partial charge in [0.25, 0.3) is 0 Å². The first-order chi connectivity index (χ1) is 9.81. The summed E-state index contributed by atoms with van der Waals surface area (Å²) in [7, 11) is 0. The molecule has 4 N–H and O–H groups in total. The predicted molar refractivity (Wildman–Crippen MR) is 81.7 cm³/mol. The molecular weight excluding hydrogens is 250 g/mol. The smallest absolute Gasteiger partial charge is 0.0672 e. The van der Waals surface area contributed by atoms with Gasteiger partial charge >= 0.3 is 0 Å². The molecular formula is C15H21N5. The Morgan fingerprint density at radius 2 is 2.20 bits per heavy atom. The van der Waals surface area contributed by atoms with Crippen LogP contribution >= 0.6 is 0 Å². The minimum absolute atomic E-state index is 0.526. The molecule has 2 aromatic rings. The van der Waals surface area contributed by atoms with Crippen molar-refractivity contribution in [2.45, 2.75) is 37.8 Å². The molecule has 1 aromatic carbocycles. The molecule has 20 heavy (non-hydrogen) atoms. The molecule has 2 aliphatic rings. The maximum absolute atomic E-state index is 6.17.